The molecule has 1 fully saturated rings. The maximum atomic E-state index is 13.4. The van der Waals surface area contributed by atoms with Gasteiger partial charge in [0.05, 0.1) is 25.4 Å². The molecule has 11 nitrogen and oxygen atoms in total. The molecule has 0 spiro atoms. The minimum Gasteiger partial charge on any atom is -0.454 e. The van der Waals surface area contributed by atoms with Gasteiger partial charge in [-0.25, -0.2) is 0 Å². The van der Waals surface area contributed by atoms with E-state index >= 15 is 0 Å². The summed E-state index contributed by atoms with van der Waals surface area (Å²) in [5.74, 6) is -1.25. The summed E-state index contributed by atoms with van der Waals surface area (Å²) in [5.41, 5.74) is 0. The Morgan fingerprint density at radius 3 is 1.49 bits per heavy atom. The Labute approximate surface area is 487 Å². The molecule has 8 unspecified atom stereocenters. The van der Waals surface area contributed by atoms with Crippen molar-refractivity contribution < 1.29 is 49.3 Å². The number of hydrogen-bond donors (Lipinski definition) is 6. The maximum absolute atomic E-state index is 13.4. The number of carbonyl (C=O) groups excluding carboxylic acids is 2. The van der Waals surface area contributed by atoms with Gasteiger partial charge in [-0.2, -0.15) is 0 Å². The van der Waals surface area contributed by atoms with Crippen LogP contribution in [0.5, 0.6) is 0 Å². The Balaban J connectivity index is 2.67. The molecule has 1 aliphatic heterocycles. The summed E-state index contributed by atoms with van der Waals surface area (Å²) >= 11 is 0. The predicted molar refractivity (Wildman–Crippen MR) is 333 cm³/mol. The van der Waals surface area contributed by atoms with Gasteiger partial charge < -0.3 is 45.1 Å². The fourth-order valence-electron chi connectivity index (χ4n) is 9.18. The summed E-state index contributed by atoms with van der Waals surface area (Å²) < 4.78 is 17.6. The van der Waals surface area contributed by atoms with Gasteiger partial charge >= 0.3 is 5.97 Å². The number of carbonyl (C=O) groups is 2. The lowest BCUT2D eigenvalue weighted by molar-refractivity contribution is -0.305. The van der Waals surface area contributed by atoms with Crippen LogP contribution in [0.4, 0.5) is 0 Å². The fourth-order valence-corrected chi connectivity index (χ4v) is 9.18. The lowest BCUT2D eigenvalue weighted by Crippen LogP contribution is -2.61. The summed E-state index contributed by atoms with van der Waals surface area (Å²) in [6.07, 6.45) is 66.6. The molecule has 0 radical (unpaired) electrons. The first-order chi connectivity index (χ1) is 39.2. The van der Waals surface area contributed by atoms with Gasteiger partial charge in [-0.15, -0.1) is 0 Å². The average molecular weight is 1120 g/mol. The van der Waals surface area contributed by atoms with Crippen molar-refractivity contribution in [2.75, 3.05) is 13.2 Å². The molecule has 1 saturated heterocycles. The Kier molecular flexibility index (Phi) is 51.5. The van der Waals surface area contributed by atoms with Crippen molar-refractivity contribution in [3.8, 4) is 0 Å². The minimum absolute atomic E-state index is 0.0673. The van der Waals surface area contributed by atoms with Crippen LogP contribution in [0, 0.1) is 0 Å². The molecule has 1 rings (SSSR count). The van der Waals surface area contributed by atoms with E-state index in [0.29, 0.717) is 12.8 Å². The second kappa shape index (κ2) is 55.6. The standard InChI is InChI=1S/C69H115NO10/c1-4-7-10-13-16-19-22-25-27-28-29-30-31-32-33-34-35-37-38-41-44-47-50-53-56-62(73)68(77)70-60(61(72)55-52-49-46-43-40-24-21-18-15-12-9-6-3)59-78-69-67(66(76)65(75)63(58-71)79-69)80-64(74)57-54-51-48-45-42-39-36-26-23-20-17-14-11-8-5-2/h8,11,14,16-17,19-20,23,25-27,29-30,32-33,36,39,42,52,55,60-63,65-67,69,71-73,75-76H,4-7,9-10,12-13,15,18,21-22,24,28,31,34-35,37-38,40-41,43-51,53-54,56-59H2,1-3H3,(H,70,77)/b11-8+,17-14+,19-16-,23-20-,27-25-,30-29-,33-32-,36-26-,42-39+,55-52+. The largest absolute Gasteiger partial charge is 0.454 e. The molecule has 0 aliphatic carbocycles. The van der Waals surface area contributed by atoms with Crippen molar-refractivity contribution in [3.63, 3.8) is 0 Å². The van der Waals surface area contributed by atoms with Gasteiger partial charge in [0.25, 0.3) is 0 Å². The van der Waals surface area contributed by atoms with Crippen molar-refractivity contribution in [3.05, 3.63) is 122 Å². The number of amides is 1. The third-order valence-corrected chi connectivity index (χ3v) is 14.2. The molecule has 8 atom stereocenters. The number of aliphatic hydroxyl groups excluding tert-OH is 5. The summed E-state index contributed by atoms with van der Waals surface area (Å²) in [6, 6.07) is -1.05. The van der Waals surface area contributed by atoms with E-state index in [1.165, 1.54) is 89.9 Å². The van der Waals surface area contributed by atoms with E-state index in [1.807, 2.05) is 54.7 Å². The molecule has 0 aromatic carbocycles. The highest BCUT2D eigenvalue weighted by atomic mass is 16.7. The fraction of sp³-hybridized carbons (Fsp3) is 0.681. The number of unbranched alkanes of at least 4 members (excludes halogenated alkanes) is 24. The number of aliphatic hydroxyl groups is 5. The third-order valence-electron chi connectivity index (χ3n) is 14.2. The molecule has 1 heterocycles. The summed E-state index contributed by atoms with van der Waals surface area (Å²) in [5, 5.41) is 57.0. The highest BCUT2D eigenvalue weighted by molar-refractivity contribution is 5.80. The van der Waals surface area contributed by atoms with Crippen LogP contribution >= 0.6 is 0 Å². The second-order valence-electron chi connectivity index (χ2n) is 21.5. The van der Waals surface area contributed by atoms with Gasteiger partial charge in [0.1, 0.15) is 24.4 Å². The van der Waals surface area contributed by atoms with Crippen LogP contribution in [-0.2, 0) is 23.8 Å². The molecule has 456 valence electrons. The molecule has 0 bridgehead atoms. The summed E-state index contributed by atoms with van der Waals surface area (Å²) in [6.45, 7) is 5.58. The van der Waals surface area contributed by atoms with Gasteiger partial charge in [0, 0.05) is 6.42 Å². The molecule has 1 amide bonds. The smallest absolute Gasteiger partial charge is 0.306 e. The zero-order valence-electron chi connectivity index (χ0n) is 50.4. The monoisotopic (exact) mass is 1120 g/mol. The average Bonchev–Trinajstić information content (AvgIpc) is 3.48. The Morgan fingerprint density at radius 1 is 0.512 bits per heavy atom. The van der Waals surface area contributed by atoms with Gasteiger partial charge in [-0.05, 0) is 89.9 Å². The molecular formula is C69H115NO10. The maximum Gasteiger partial charge on any atom is 0.306 e. The van der Waals surface area contributed by atoms with Gasteiger partial charge in [-0.1, -0.05) is 264 Å². The molecule has 0 aromatic rings. The van der Waals surface area contributed by atoms with Crippen molar-refractivity contribution >= 4 is 11.9 Å². The summed E-state index contributed by atoms with van der Waals surface area (Å²) in [4.78, 5) is 26.5. The quantitative estimate of drug-likeness (QED) is 0.0149. The number of ether oxygens (including phenoxy) is 3. The lowest BCUT2D eigenvalue weighted by Gasteiger charge is -2.41. The Bertz CT molecular complexity index is 1760. The van der Waals surface area contributed by atoms with Crippen molar-refractivity contribution in [2.45, 2.75) is 288 Å². The SMILES string of the molecule is CC/C=C/C=C/C=C\C=C/C=C/CCCCCC(=O)OC1C(OCC(NC(=O)C(O)CCCCCCCCCC/C=C\C/C=C\C/C=C\C/C=C\CCCCC)C(O)/C=C/CCCCCCCCCCCC)OC(CO)C(O)C1O. The van der Waals surface area contributed by atoms with Gasteiger partial charge in [0.15, 0.2) is 12.4 Å². The van der Waals surface area contributed by atoms with E-state index < -0.39 is 67.4 Å². The summed E-state index contributed by atoms with van der Waals surface area (Å²) in [7, 11) is 0. The van der Waals surface area contributed by atoms with Crippen LogP contribution in [0.1, 0.15) is 239 Å². The zero-order chi connectivity index (χ0) is 58.2. The molecular weight excluding hydrogens is 1000 g/mol. The van der Waals surface area contributed by atoms with E-state index in [1.54, 1.807) is 6.08 Å². The number of esters is 1. The number of nitrogens with one attached hydrogen (secondary N) is 1. The van der Waals surface area contributed by atoms with Gasteiger partial charge in [0.2, 0.25) is 5.91 Å². The second-order valence-corrected chi connectivity index (χ2v) is 21.5. The van der Waals surface area contributed by atoms with E-state index in [9.17, 15) is 35.1 Å². The van der Waals surface area contributed by atoms with Crippen LogP contribution in [0.3, 0.4) is 0 Å². The first-order valence-corrected chi connectivity index (χ1v) is 31.9. The van der Waals surface area contributed by atoms with Crippen LogP contribution in [0.25, 0.3) is 0 Å². The van der Waals surface area contributed by atoms with Gasteiger partial charge in [-0.3, -0.25) is 9.59 Å². The van der Waals surface area contributed by atoms with Crippen LogP contribution in [0.15, 0.2) is 122 Å². The Morgan fingerprint density at radius 2 is 0.950 bits per heavy atom. The highest BCUT2D eigenvalue weighted by Gasteiger charge is 2.47. The molecule has 11 heteroatoms. The number of allylic oxidation sites excluding steroid dienone is 19. The third kappa shape index (κ3) is 42.8. The Hall–Kier alpha value is -3.94. The molecule has 0 aromatic heterocycles. The van der Waals surface area contributed by atoms with Crippen molar-refractivity contribution in [1.29, 1.82) is 0 Å². The van der Waals surface area contributed by atoms with E-state index in [2.05, 4.69) is 86.8 Å². The number of hydrogen-bond acceptors (Lipinski definition) is 10. The van der Waals surface area contributed by atoms with E-state index in [-0.39, 0.29) is 19.4 Å². The predicted octanol–water partition coefficient (Wildman–Crippen LogP) is 15.4. The molecule has 0 saturated carbocycles. The molecule has 1 aliphatic rings. The van der Waals surface area contributed by atoms with E-state index in [0.717, 1.165) is 103 Å². The topological polar surface area (TPSA) is 175 Å². The lowest BCUT2D eigenvalue weighted by atomic mass is 9.99. The van der Waals surface area contributed by atoms with Crippen LogP contribution in [-0.4, -0.2) is 99.6 Å². The minimum atomic E-state index is -1.64. The van der Waals surface area contributed by atoms with Crippen molar-refractivity contribution in [2.24, 2.45) is 0 Å². The molecule has 80 heavy (non-hydrogen) atoms. The molecule has 6 N–H and O–H groups in total. The van der Waals surface area contributed by atoms with Crippen LogP contribution in [0.2, 0.25) is 0 Å². The van der Waals surface area contributed by atoms with Crippen LogP contribution < -0.4 is 5.32 Å². The first-order valence-electron chi connectivity index (χ1n) is 31.9. The van der Waals surface area contributed by atoms with E-state index in [4.69, 9.17) is 14.2 Å². The number of rotatable bonds is 52. The first kappa shape index (κ1) is 74.1. The van der Waals surface area contributed by atoms with Crippen molar-refractivity contribution in [1.82, 2.24) is 5.32 Å². The zero-order valence-corrected chi connectivity index (χ0v) is 50.4. The normalized spacial score (nSPS) is 19.6. The highest BCUT2D eigenvalue weighted by Crippen LogP contribution is 2.26.